The zero-order valence-electron chi connectivity index (χ0n) is 13.0. The summed E-state index contributed by atoms with van der Waals surface area (Å²) in [5.41, 5.74) is 0.907. The van der Waals surface area contributed by atoms with Crippen LogP contribution < -0.4 is 10.0 Å². The first-order chi connectivity index (χ1) is 9.97. The zero-order valence-corrected chi connectivity index (χ0v) is 13.8. The molecule has 1 aromatic carbocycles. The highest BCUT2D eigenvalue weighted by Crippen LogP contribution is 2.35. The van der Waals surface area contributed by atoms with Crippen LogP contribution >= 0.6 is 0 Å². The molecule has 0 atom stereocenters. The minimum Gasteiger partial charge on any atom is -0.316 e. The Hall–Kier alpha value is -0.910. The zero-order chi connectivity index (χ0) is 15.3. The van der Waals surface area contributed by atoms with Crippen molar-refractivity contribution < 1.29 is 8.42 Å². The van der Waals surface area contributed by atoms with E-state index in [0.29, 0.717) is 18.0 Å². The highest BCUT2D eigenvalue weighted by atomic mass is 32.2. The Morgan fingerprint density at radius 1 is 1.14 bits per heavy atom. The molecule has 0 amide bonds. The molecule has 1 fully saturated rings. The molecular weight excluding hydrogens is 284 g/mol. The first kappa shape index (κ1) is 16.5. The van der Waals surface area contributed by atoms with Crippen LogP contribution in [0.25, 0.3) is 0 Å². The fourth-order valence-electron chi connectivity index (χ4n) is 3.03. The predicted octanol–water partition coefficient (Wildman–Crippen LogP) is 2.65. The van der Waals surface area contributed by atoms with Crippen molar-refractivity contribution in [2.75, 3.05) is 13.6 Å². The van der Waals surface area contributed by atoms with Crippen LogP contribution in [0.5, 0.6) is 0 Å². The molecule has 5 heteroatoms. The van der Waals surface area contributed by atoms with Crippen LogP contribution in [0.1, 0.15) is 44.6 Å². The Kier molecular flexibility index (Phi) is 5.41. The third-order valence-corrected chi connectivity index (χ3v) is 5.88. The van der Waals surface area contributed by atoms with Crippen LogP contribution in [0.4, 0.5) is 0 Å². The summed E-state index contributed by atoms with van der Waals surface area (Å²) in [7, 11) is -1.62. The molecule has 2 N–H and O–H groups in total. The van der Waals surface area contributed by atoms with Crippen molar-refractivity contribution in [1.82, 2.24) is 10.0 Å². The van der Waals surface area contributed by atoms with Gasteiger partial charge >= 0.3 is 0 Å². The monoisotopic (exact) mass is 310 g/mol. The summed E-state index contributed by atoms with van der Waals surface area (Å²) in [5, 5.41) is 3.02. The van der Waals surface area contributed by atoms with Gasteiger partial charge in [0.1, 0.15) is 0 Å². The molecule has 1 aromatic rings. The first-order valence-corrected chi connectivity index (χ1v) is 9.17. The number of rotatable bonds is 6. The first-order valence-electron chi connectivity index (χ1n) is 7.69. The van der Waals surface area contributed by atoms with Crippen molar-refractivity contribution in [2.24, 2.45) is 5.41 Å². The minimum absolute atomic E-state index is 0.100. The average Bonchev–Trinajstić information content (AvgIpc) is 2.47. The van der Waals surface area contributed by atoms with Gasteiger partial charge in [0, 0.05) is 13.1 Å². The van der Waals surface area contributed by atoms with Crippen LogP contribution in [0.15, 0.2) is 29.2 Å². The summed E-state index contributed by atoms with van der Waals surface area (Å²) < 4.78 is 28.0. The Bertz CT molecular complexity index is 563. The maximum Gasteiger partial charge on any atom is 0.240 e. The topological polar surface area (TPSA) is 58.2 Å². The number of sulfonamides is 1. The lowest BCUT2D eigenvalue weighted by Crippen LogP contribution is -2.37. The van der Waals surface area contributed by atoms with Gasteiger partial charge in [0.2, 0.25) is 10.0 Å². The quantitative estimate of drug-likeness (QED) is 0.849. The Morgan fingerprint density at radius 3 is 2.48 bits per heavy atom. The molecule has 2 rings (SSSR count). The lowest BCUT2D eigenvalue weighted by atomic mass is 9.76. The fraction of sp³-hybridized carbons (Fsp3) is 0.625. The molecule has 0 saturated heterocycles. The van der Waals surface area contributed by atoms with Gasteiger partial charge in [-0.25, -0.2) is 13.1 Å². The van der Waals surface area contributed by atoms with E-state index in [-0.39, 0.29) is 5.41 Å². The van der Waals surface area contributed by atoms with Gasteiger partial charge in [-0.15, -0.1) is 0 Å². The average molecular weight is 310 g/mol. The van der Waals surface area contributed by atoms with Crippen molar-refractivity contribution in [3.63, 3.8) is 0 Å². The summed E-state index contributed by atoms with van der Waals surface area (Å²) in [5.74, 6) is 0. The molecule has 0 aliphatic heterocycles. The van der Waals surface area contributed by atoms with E-state index in [4.69, 9.17) is 0 Å². The summed E-state index contributed by atoms with van der Waals surface area (Å²) >= 11 is 0. The molecule has 118 valence electrons. The smallest absolute Gasteiger partial charge is 0.240 e. The third kappa shape index (κ3) is 4.28. The number of hydrogen-bond donors (Lipinski definition) is 2. The second kappa shape index (κ2) is 6.90. The van der Waals surface area contributed by atoms with E-state index >= 15 is 0 Å². The standard InChI is InChI=1S/C16H26N2O2S/c1-16(10-6-3-7-11-16)13-18-21(19,20)15-9-5-4-8-14(15)12-17-2/h4-5,8-9,17-18H,3,6-7,10-13H2,1-2H3. The second-order valence-electron chi connectivity index (χ2n) is 6.33. The van der Waals surface area contributed by atoms with Gasteiger partial charge in [-0.1, -0.05) is 44.4 Å². The highest BCUT2D eigenvalue weighted by molar-refractivity contribution is 7.89. The van der Waals surface area contributed by atoms with Crippen molar-refractivity contribution in [1.29, 1.82) is 0 Å². The highest BCUT2D eigenvalue weighted by Gasteiger charge is 2.29. The molecular formula is C16H26N2O2S. The van der Waals surface area contributed by atoms with Crippen molar-refractivity contribution >= 4 is 10.0 Å². The van der Waals surface area contributed by atoms with E-state index in [0.717, 1.165) is 18.4 Å². The van der Waals surface area contributed by atoms with Crippen molar-refractivity contribution in [3.05, 3.63) is 29.8 Å². The van der Waals surface area contributed by atoms with Gasteiger partial charge in [-0.2, -0.15) is 0 Å². The molecule has 0 aromatic heterocycles. The third-order valence-electron chi connectivity index (χ3n) is 4.38. The lowest BCUT2D eigenvalue weighted by molar-refractivity contribution is 0.219. The molecule has 1 aliphatic rings. The summed E-state index contributed by atoms with van der Waals surface area (Å²) in [6.07, 6.45) is 5.89. The molecule has 1 aliphatic carbocycles. The predicted molar refractivity (Wildman–Crippen MR) is 85.6 cm³/mol. The summed E-state index contributed by atoms with van der Waals surface area (Å²) in [6, 6.07) is 7.18. The normalized spacial score (nSPS) is 18.6. The Balaban J connectivity index is 2.11. The van der Waals surface area contributed by atoms with Crippen LogP contribution in [-0.2, 0) is 16.6 Å². The van der Waals surface area contributed by atoms with Crippen LogP contribution in [0, 0.1) is 5.41 Å². The number of nitrogens with one attached hydrogen (secondary N) is 2. The van der Waals surface area contributed by atoms with E-state index in [9.17, 15) is 8.42 Å². The van der Waals surface area contributed by atoms with Crippen LogP contribution in [-0.4, -0.2) is 22.0 Å². The van der Waals surface area contributed by atoms with E-state index < -0.39 is 10.0 Å². The summed E-state index contributed by atoms with van der Waals surface area (Å²) in [6.45, 7) is 3.27. The molecule has 1 saturated carbocycles. The lowest BCUT2D eigenvalue weighted by Gasteiger charge is -2.33. The summed E-state index contributed by atoms with van der Waals surface area (Å²) in [4.78, 5) is 0.388. The Morgan fingerprint density at radius 2 is 1.81 bits per heavy atom. The van der Waals surface area contributed by atoms with E-state index in [1.165, 1.54) is 19.3 Å². The number of hydrogen-bond acceptors (Lipinski definition) is 3. The van der Waals surface area contributed by atoms with E-state index in [2.05, 4.69) is 17.0 Å². The molecule has 21 heavy (non-hydrogen) atoms. The molecule has 0 unspecified atom stereocenters. The second-order valence-corrected chi connectivity index (χ2v) is 8.07. The Labute approximate surface area is 128 Å². The van der Waals surface area contributed by atoms with E-state index in [1.54, 1.807) is 12.1 Å². The van der Waals surface area contributed by atoms with Crippen molar-refractivity contribution in [2.45, 2.75) is 50.5 Å². The maximum atomic E-state index is 12.6. The molecule has 0 heterocycles. The molecule has 4 nitrogen and oxygen atoms in total. The fourth-order valence-corrected chi connectivity index (χ4v) is 4.47. The van der Waals surface area contributed by atoms with Crippen molar-refractivity contribution in [3.8, 4) is 0 Å². The van der Waals surface area contributed by atoms with E-state index in [1.807, 2.05) is 19.2 Å². The largest absolute Gasteiger partial charge is 0.316 e. The van der Waals surface area contributed by atoms with Gasteiger partial charge in [0.05, 0.1) is 4.90 Å². The minimum atomic E-state index is -3.44. The molecule has 0 radical (unpaired) electrons. The molecule has 0 bridgehead atoms. The number of benzene rings is 1. The van der Waals surface area contributed by atoms with Gasteiger partial charge in [0.25, 0.3) is 0 Å². The molecule has 0 spiro atoms. The van der Waals surface area contributed by atoms with Gasteiger partial charge in [-0.05, 0) is 36.9 Å². The SMILES string of the molecule is CNCc1ccccc1S(=O)(=O)NCC1(C)CCCCC1. The van der Waals surface area contributed by atoms with Crippen LogP contribution in [0.3, 0.4) is 0 Å². The van der Waals surface area contributed by atoms with Crippen LogP contribution in [0.2, 0.25) is 0 Å². The van der Waals surface area contributed by atoms with Gasteiger partial charge in [-0.3, -0.25) is 0 Å². The maximum absolute atomic E-state index is 12.6. The van der Waals surface area contributed by atoms with Gasteiger partial charge in [0.15, 0.2) is 0 Å². The van der Waals surface area contributed by atoms with Gasteiger partial charge < -0.3 is 5.32 Å².